The molecule has 0 aliphatic heterocycles. The molecular formula is C21H20ClNO5S. The summed E-state index contributed by atoms with van der Waals surface area (Å²) in [6.45, 7) is 2.01. The number of amides is 1. The van der Waals surface area contributed by atoms with E-state index in [0.717, 1.165) is 5.56 Å². The first-order valence-electron chi connectivity index (χ1n) is 8.94. The van der Waals surface area contributed by atoms with Gasteiger partial charge < -0.3 is 13.5 Å². The van der Waals surface area contributed by atoms with Crippen LogP contribution in [0.4, 0.5) is 0 Å². The number of hydrogen-bond donors (Lipinski definition) is 0. The molecule has 0 aliphatic carbocycles. The third kappa shape index (κ3) is 5.85. The Kier molecular flexibility index (Phi) is 6.61. The summed E-state index contributed by atoms with van der Waals surface area (Å²) in [4.78, 5) is 14.7. The number of halogens is 1. The summed E-state index contributed by atoms with van der Waals surface area (Å²) in [5, 5.41) is 0.543. The van der Waals surface area contributed by atoms with Crippen LogP contribution in [0.25, 0.3) is 0 Å². The number of carbonyl (C=O) groups excluding carboxylic acids is 1. The zero-order valence-corrected chi connectivity index (χ0v) is 17.3. The van der Waals surface area contributed by atoms with Gasteiger partial charge in [-0.05, 0) is 61.0 Å². The first-order valence-corrected chi connectivity index (χ1v) is 10.9. The minimum atomic E-state index is -3.63. The molecule has 1 amide bonds. The second-order valence-corrected chi connectivity index (χ2v) is 8.62. The molecule has 0 saturated heterocycles. The van der Waals surface area contributed by atoms with Crippen LogP contribution in [0, 0.1) is 0 Å². The lowest BCUT2D eigenvalue weighted by molar-refractivity contribution is 0.0717. The van der Waals surface area contributed by atoms with Crippen LogP contribution in [-0.4, -0.2) is 25.0 Å². The Morgan fingerprint density at radius 2 is 1.83 bits per heavy atom. The van der Waals surface area contributed by atoms with Gasteiger partial charge in [-0.1, -0.05) is 23.7 Å². The highest BCUT2D eigenvalue weighted by atomic mass is 35.5. The quantitative estimate of drug-likeness (QED) is 0.488. The average molecular weight is 434 g/mol. The van der Waals surface area contributed by atoms with E-state index in [0.29, 0.717) is 16.3 Å². The van der Waals surface area contributed by atoms with E-state index in [1.54, 1.807) is 71.8 Å². The Bertz CT molecular complexity index is 1060. The van der Waals surface area contributed by atoms with Gasteiger partial charge in [0.1, 0.15) is 11.5 Å². The summed E-state index contributed by atoms with van der Waals surface area (Å²) in [6, 6.07) is 16.8. The monoisotopic (exact) mass is 433 g/mol. The minimum Gasteiger partial charge on any atom is -0.467 e. The van der Waals surface area contributed by atoms with E-state index >= 15 is 0 Å². The molecular weight excluding hydrogens is 414 g/mol. The van der Waals surface area contributed by atoms with Crippen molar-refractivity contribution >= 4 is 27.6 Å². The molecule has 29 heavy (non-hydrogen) atoms. The minimum absolute atomic E-state index is 0.128. The molecule has 0 unspecified atom stereocenters. The largest absolute Gasteiger partial charge is 0.467 e. The summed E-state index contributed by atoms with van der Waals surface area (Å²) in [6.07, 6.45) is 1.55. The van der Waals surface area contributed by atoms with Crippen LogP contribution in [0.2, 0.25) is 5.02 Å². The molecule has 3 rings (SSSR count). The van der Waals surface area contributed by atoms with E-state index in [4.69, 9.17) is 20.2 Å². The van der Waals surface area contributed by atoms with Gasteiger partial charge in [-0.25, -0.2) is 0 Å². The molecule has 0 radical (unpaired) electrons. The predicted molar refractivity (Wildman–Crippen MR) is 110 cm³/mol. The van der Waals surface area contributed by atoms with Crippen molar-refractivity contribution in [1.29, 1.82) is 0 Å². The lowest BCUT2D eigenvalue weighted by Gasteiger charge is -2.22. The third-order valence-electron chi connectivity index (χ3n) is 4.15. The molecule has 8 heteroatoms. The van der Waals surface area contributed by atoms with Crippen LogP contribution in [0.3, 0.4) is 0 Å². The van der Waals surface area contributed by atoms with Crippen LogP contribution >= 0.6 is 11.6 Å². The van der Waals surface area contributed by atoms with Gasteiger partial charge in [-0.2, -0.15) is 8.42 Å². The normalized spacial score (nSPS) is 11.2. The number of furan rings is 1. The topological polar surface area (TPSA) is 76.8 Å². The van der Waals surface area contributed by atoms with Crippen LogP contribution < -0.4 is 4.18 Å². The fourth-order valence-electron chi connectivity index (χ4n) is 2.69. The Morgan fingerprint density at radius 3 is 2.48 bits per heavy atom. The van der Waals surface area contributed by atoms with Crippen molar-refractivity contribution in [1.82, 2.24) is 4.90 Å². The lowest BCUT2D eigenvalue weighted by atomic mass is 10.1. The van der Waals surface area contributed by atoms with Crippen molar-refractivity contribution in [2.45, 2.75) is 20.0 Å². The number of hydrogen-bond acceptors (Lipinski definition) is 5. The first kappa shape index (κ1) is 21.0. The van der Waals surface area contributed by atoms with E-state index in [-0.39, 0.29) is 30.5 Å². The van der Waals surface area contributed by atoms with Gasteiger partial charge in [-0.3, -0.25) is 4.79 Å². The van der Waals surface area contributed by atoms with Gasteiger partial charge in [0, 0.05) is 17.1 Å². The molecule has 1 heterocycles. The molecule has 0 spiro atoms. The zero-order chi connectivity index (χ0) is 20.9. The highest BCUT2D eigenvalue weighted by Gasteiger charge is 2.19. The molecule has 1 aromatic heterocycles. The van der Waals surface area contributed by atoms with Gasteiger partial charge in [-0.15, -0.1) is 0 Å². The smallest absolute Gasteiger partial charge is 0.308 e. The molecule has 0 N–H and O–H groups in total. The van der Waals surface area contributed by atoms with Crippen LogP contribution in [0.5, 0.6) is 5.75 Å². The number of carbonyl (C=O) groups is 1. The Balaban J connectivity index is 1.85. The van der Waals surface area contributed by atoms with Crippen LogP contribution in [0.15, 0.2) is 71.3 Å². The van der Waals surface area contributed by atoms with Gasteiger partial charge in [0.25, 0.3) is 5.91 Å². The fraction of sp³-hybridized carbons (Fsp3) is 0.190. The summed E-state index contributed by atoms with van der Waals surface area (Å²) < 4.78 is 33.9. The highest BCUT2D eigenvalue weighted by molar-refractivity contribution is 7.87. The zero-order valence-electron chi connectivity index (χ0n) is 15.7. The van der Waals surface area contributed by atoms with E-state index < -0.39 is 10.1 Å². The fourth-order valence-corrected chi connectivity index (χ4v) is 3.33. The maximum atomic E-state index is 13.1. The van der Waals surface area contributed by atoms with Crippen molar-refractivity contribution in [3.05, 3.63) is 88.8 Å². The van der Waals surface area contributed by atoms with E-state index in [2.05, 4.69) is 0 Å². The lowest BCUT2D eigenvalue weighted by Crippen LogP contribution is -2.30. The number of rotatable bonds is 8. The van der Waals surface area contributed by atoms with Crippen LogP contribution in [0.1, 0.15) is 28.6 Å². The maximum Gasteiger partial charge on any atom is 0.308 e. The van der Waals surface area contributed by atoms with Crippen molar-refractivity contribution in [2.75, 3.05) is 5.75 Å². The number of nitrogens with zero attached hydrogens (tertiary/aromatic N) is 1. The summed E-state index contributed by atoms with van der Waals surface area (Å²) in [5.41, 5.74) is 1.21. The molecule has 0 atom stereocenters. The number of benzene rings is 2. The maximum absolute atomic E-state index is 13.1. The summed E-state index contributed by atoms with van der Waals surface area (Å²) in [5.74, 6) is 0.511. The summed E-state index contributed by atoms with van der Waals surface area (Å²) in [7, 11) is -3.63. The second kappa shape index (κ2) is 9.15. The van der Waals surface area contributed by atoms with Crippen molar-refractivity contribution in [3.8, 4) is 5.75 Å². The average Bonchev–Trinajstić information content (AvgIpc) is 3.21. The van der Waals surface area contributed by atoms with E-state index in [1.807, 2.05) is 0 Å². The highest BCUT2D eigenvalue weighted by Crippen LogP contribution is 2.20. The Hall–Kier alpha value is -2.77. The Morgan fingerprint density at radius 1 is 1.07 bits per heavy atom. The third-order valence-corrected chi connectivity index (χ3v) is 5.56. The van der Waals surface area contributed by atoms with Gasteiger partial charge in [0.05, 0.1) is 18.6 Å². The van der Waals surface area contributed by atoms with Crippen molar-refractivity contribution in [2.24, 2.45) is 0 Å². The first-order chi connectivity index (χ1) is 13.9. The molecule has 2 aromatic carbocycles. The molecule has 3 aromatic rings. The molecule has 0 bridgehead atoms. The van der Waals surface area contributed by atoms with E-state index in [9.17, 15) is 13.2 Å². The standard InChI is InChI=1S/C21H20ClNO5S/c1-2-29(25,26)28-19-6-3-5-16(13-19)14-23(15-20-7-4-12-27-20)21(24)17-8-10-18(22)11-9-17/h3-13H,2,14-15H2,1H3. The second-order valence-electron chi connectivity index (χ2n) is 6.32. The van der Waals surface area contributed by atoms with Crippen molar-refractivity contribution < 1.29 is 21.8 Å². The van der Waals surface area contributed by atoms with Gasteiger partial charge in [0.15, 0.2) is 0 Å². The van der Waals surface area contributed by atoms with E-state index in [1.165, 1.54) is 6.92 Å². The summed E-state index contributed by atoms with van der Waals surface area (Å²) >= 11 is 5.92. The van der Waals surface area contributed by atoms with Crippen molar-refractivity contribution in [3.63, 3.8) is 0 Å². The molecule has 0 saturated carbocycles. The van der Waals surface area contributed by atoms with Gasteiger partial charge in [0.2, 0.25) is 0 Å². The molecule has 0 fully saturated rings. The SMILES string of the molecule is CCS(=O)(=O)Oc1cccc(CN(Cc2ccco2)C(=O)c2ccc(Cl)cc2)c1. The molecule has 0 aliphatic rings. The Labute approximate surface area is 174 Å². The van der Waals surface area contributed by atoms with Gasteiger partial charge >= 0.3 is 10.1 Å². The van der Waals surface area contributed by atoms with Crippen LogP contribution in [-0.2, 0) is 23.2 Å². The predicted octanol–water partition coefficient (Wildman–Crippen LogP) is 4.50. The molecule has 152 valence electrons. The molecule has 6 nitrogen and oxygen atoms in total.